The van der Waals surface area contributed by atoms with E-state index >= 15 is 0 Å². The molecule has 1 atom stereocenters. The van der Waals surface area contributed by atoms with Gasteiger partial charge < -0.3 is 41.0 Å². The van der Waals surface area contributed by atoms with Gasteiger partial charge in [-0.05, 0) is 31.0 Å². The van der Waals surface area contributed by atoms with E-state index in [2.05, 4.69) is 14.9 Å². The molecule has 8 N–H and O–H groups in total. The van der Waals surface area contributed by atoms with Crippen LogP contribution < -0.4 is 17.1 Å². The zero-order valence-electron chi connectivity index (χ0n) is 18.5. The minimum absolute atomic E-state index is 0.00135. The number of aromatic nitrogens is 4. The van der Waals surface area contributed by atoms with Crippen LogP contribution in [-0.4, -0.2) is 70.1 Å². The van der Waals surface area contributed by atoms with E-state index in [0.717, 1.165) is 22.9 Å². The van der Waals surface area contributed by atoms with E-state index in [-0.39, 0.29) is 29.3 Å². The van der Waals surface area contributed by atoms with Crippen LogP contribution in [0.2, 0.25) is 5.02 Å². The van der Waals surface area contributed by atoms with Crippen molar-refractivity contribution in [3.8, 4) is 23.0 Å². The first-order valence-electron chi connectivity index (χ1n) is 11.1. The molecule has 5 rings (SSSR count). The van der Waals surface area contributed by atoms with E-state index in [4.69, 9.17) is 17.3 Å². The molecule has 1 saturated heterocycles. The molecule has 0 radical (unpaired) electrons. The molecule has 1 aliphatic rings. The van der Waals surface area contributed by atoms with Gasteiger partial charge in [0.2, 0.25) is 11.5 Å². The van der Waals surface area contributed by atoms with E-state index in [0.29, 0.717) is 30.2 Å². The van der Waals surface area contributed by atoms with Crippen molar-refractivity contribution in [3.63, 3.8) is 0 Å². The third-order valence-corrected chi connectivity index (χ3v) is 6.86. The largest absolute Gasteiger partial charge is 0.503 e. The van der Waals surface area contributed by atoms with E-state index in [1.165, 1.54) is 0 Å². The first-order chi connectivity index (χ1) is 16.7. The molecule has 4 aromatic rings. The highest BCUT2D eigenvalue weighted by molar-refractivity contribution is 6.31. The number of phenols is 4. The van der Waals surface area contributed by atoms with Crippen LogP contribution in [0.5, 0.6) is 23.0 Å². The molecule has 0 bridgehead atoms. The number of hydrogen-bond acceptors (Lipinski definition) is 8. The molecule has 186 valence electrons. The Labute approximate surface area is 202 Å². The standard InChI is InChI=1S/C22H25ClN6O6/c23-10-1-2-14-13(7-10)25-22(35)29(14)12-3-5-27(6-4-12)8-11(24)9-28-16-15(26-21(28)34)17(30)19(32)20(33)18(16)31/h1-2,7,11-12,30-33H,3-6,8-9,24H2,(H,25,35)(H,26,34). The summed E-state index contributed by atoms with van der Waals surface area (Å²) < 4.78 is 2.89. The number of aromatic hydroxyl groups is 4. The topological polar surface area (TPSA) is 186 Å². The van der Waals surface area contributed by atoms with Crippen LogP contribution in [0.1, 0.15) is 18.9 Å². The van der Waals surface area contributed by atoms with Crippen LogP contribution >= 0.6 is 11.6 Å². The van der Waals surface area contributed by atoms with Crippen molar-refractivity contribution in [2.75, 3.05) is 19.6 Å². The zero-order chi connectivity index (χ0) is 25.0. The Bertz CT molecular complexity index is 1540. The molecule has 1 fully saturated rings. The summed E-state index contributed by atoms with van der Waals surface area (Å²) in [6.07, 6.45) is 1.47. The van der Waals surface area contributed by atoms with Gasteiger partial charge in [0.1, 0.15) is 11.0 Å². The van der Waals surface area contributed by atoms with Gasteiger partial charge in [-0.2, -0.15) is 0 Å². The van der Waals surface area contributed by atoms with Gasteiger partial charge >= 0.3 is 11.4 Å². The van der Waals surface area contributed by atoms with Crippen molar-refractivity contribution < 1.29 is 20.4 Å². The molecule has 0 amide bonds. The van der Waals surface area contributed by atoms with Crippen molar-refractivity contribution in [1.82, 2.24) is 24.0 Å². The number of hydrogen-bond donors (Lipinski definition) is 7. The van der Waals surface area contributed by atoms with Gasteiger partial charge in [0.25, 0.3) is 0 Å². The second kappa shape index (κ2) is 8.56. The van der Waals surface area contributed by atoms with Gasteiger partial charge in [-0.3, -0.25) is 9.13 Å². The van der Waals surface area contributed by atoms with Gasteiger partial charge in [0.05, 0.1) is 11.0 Å². The number of piperidine rings is 1. The molecule has 0 saturated carbocycles. The summed E-state index contributed by atoms with van der Waals surface area (Å²) in [6, 6.07) is 4.83. The normalized spacial score (nSPS) is 16.4. The lowest BCUT2D eigenvalue weighted by Gasteiger charge is -2.34. The maximum Gasteiger partial charge on any atom is 0.326 e. The minimum Gasteiger partial charge on any atom is -0.503 e. The van der Waals surface area contributed by atoms with Crippen molar-refractivity contribution in [2.45, 2.75) is 31.5 Å². The highest BCUT2D eigenvalue weighted by Gasteiger charge is 2.27. The van der Waals surface area contributed by atoms with Crippen LogP contribution in [0.25, 0.3) is 22.1 Å². The number of rotatable bonds is 5. The van der Waals surface area contributed by atoms with Crippen LogP contribution in [0, 0.1) is 0 Å². The third kappa shape index (κ3) is 3.89. The quantitative estimate of drug-likeness (QED) is 0.155. The molecule has 2 aromatic heterocycles. The van der Waals surface area contributed by atoms with Crippen LogP contribution in [0.15, 0.2) is 27.8 Å². The van der Waals surface area contributed by atoms with Crippen LogP contribution in [0.3, 0.4) is 0 Å². The van der Waals surface area contributed by atoms with E-state index in [1.54, 1.807) is 16.7 Å². The summed E-state index contributed by atoms with van der Waals surface area (Å²) in [6.45, 7) is 1.82. The van der Waals surface area contributed by atoms with Crippen molar-refractivity contribution in [2.24, 2.45) is 5.73 Å². The summed E-state index contributed by atoms with van der Waals surface area (Å²) >= 11 is 6.03. The van der Waals surface area contributed by atoms with Crippen molar-refractivity contribution in [3.05, 3.63) is 44.2 Å². The Hall–Kier alpha value is -3.61. The number of nitrogens with one attached hydrogen (secondary N) is 2. The molecular formula is C22H25ClN6O6. The molecule has 12 nitrogen and oxygen atoms in total. The van der Waals surface area contributed by atoms with E-state index in [9.17, 15) is 30.0 Å². The minimum atomic E-state index is -0.923. The molecule has 0 aliphatic carbocycles. The lowest BCUT2D eigenvalue weighted by molar-refractivity contribution is 0.174. The molecule has 3 heterocycles. The fraction of sp³-hybridized carbons (Fsp3) is 0.364. The Kier molecular flexibility index (Phi) is 5.66. The monoisotopic (exact) mass is 504 g/mol. The first-order valence-corrected chi connectivity index (χ1v) is 11.5. The maximum atomic E-state index is 12.5. The Morgan fingerprint density at radius 3 is 2.37 bits per heavy atom. The molecule has 1 aliphatic heterocycles. The molecule has 13 heteroatoms. The Morgan fingerprint density at radius 1 is 0.971 bits per heavy atom. The summed E-state index contributed by atoms with van der Waals surface area (Å²) in [4.78, 5) is 32.3. The van der Waals surface area contributed by atoms with E-state index in [1.807, 2.05) is 6.07 Å². The van der Waals surface area contributed by atoms with Crippen LogP contribution in [0.4, 0.5) is 0 Å². The highest BCUT2D eigenvalue weighted by atomic mass is 35.5. The molecule has 0 spiro atoms. The van der Waals surface area contributed by atoms with Gasteiger partial charge in [-0.1, -0.05) is 11.6 Å². The molecular weight excluding hydrogens is 480 g/mol. The summed E-state index contributed by atoms with van der Waals surface area (Å²) in [5, 5.41) is 40.4. The fourth-order valence-corrected chi connectivity index (χ4v) is 5.14. The summed E-state index contributed by atoms with van der Waals surface area (Å²) in [5.74, 6) is -3.31. The number of phenolic OH excluding ortho intramolecular Hbond substituents is 4. The Balaban J connectivity index is 1.29. The summed E-state index contributed by atoms with van der Waals surface area (Å²) in [5.41, 5.74) is 6.66. The molecule has 1 unspecified atom stereocenters. The van der Waals surface area contributed by atoms with E-state index < -0.39 is 34.7 Å². The van der Waals surface area contributed by atoms with Gasteiger partial charge in [-0.25, -0.2) is 9.59 Å². The highest BCUT2D eigenvalue weighted by Crippen LogP contribution is 2.47. The lowest BCUT2D eigenvalue weighted by atomic mass is 10.0. The lowest BCUT2D eigenvalue weighted by Crippen LogP contribution is -2.45. The Morgan fingerprint density at radius 2 is 1.66 bits per heavy atom. The van der Waals surface area contributed by atoms with Gasteiger partial charge in [0.15, 0.2) is 11.5 Å². The number of imidazole rings is 2. The third-order valence-electron chi connectivity index (χ3n) is 6.63. The smallest absolute Gasteiger partial charge is 0.326 e. The first kappa shape index (κ1) is 23.1. The SMILES string of the molecule is NC(CN1CCC(n2c(=O)[nH]c3cc(Cl)ccc32)CC1)Cn1c(=O)[nH]c2c(O)c(O)c(O)c(O)c21. The second-order valence-corrected chi connectivity index (χ2v) is 9.35. The number of nitrogens with two attached hydrogens (primary N) is 1. The predicted octanol–water partition coefficient (Wildman–Crippen LogP) is 1.11. The zero-order valence-corrected chi connectivity index (χ0v) is 19.3. The number of likely N-dealkylation sites (tertiary alicyclic amines) is 1. The molecule has 2 aromatic carbocycles. The maximum absolute atomic E-state index is 12.5. The predicted molar refractivity (Wildman–Crippen MR) is 129 cm³/mol. The number of halogens is 1. The average molecular weight is 505 g/mol. The number of fused-ring (bicyclic) bond motifs is 2. The van der Waals surface area contributed by atoms with Gasteiger partial charge in [-0.15, -0.1) is 0 Å². The second-order valence-electron chi connectivity index (χ2n) is 8.91. The number of nitrogens with zero attached hydrogens (tertiary/aromatic N) is 3. The number of benzene rings is 2. The van der Waals surface area contributed by atoms with Crippen molar-refractivity contribution in [1.29, 1.82) is 0 Å². The average Bonchev–Trinajstić information content (AvgIpc) is 3.32. The van der Waals surface area contributed by atoms with Crippen molar-refractivity contribution >= 4 is 33.7 Å². The number of aromatic amines is 2. The van der Waals surface area contributed by atoms with Crippen LogP contribution in [-0.2, 0) is 6.54 Å². The summed E-state index contributed by atoms with van der Waals surface area (Å²) in [7, 11) is 0. The number of H-pyrrole nitrogens is 2. The van der Waals surface area contributed by atoms with Gasteiger partial charge in [0, 0.05) is 43.3 Å². The fourth-order valence-electron chi connectivity index (χ4n) is 4.97. The molecule has 35 heavy (non-hydrogen) atoms.